The Hall–Kier alpha value is -0.580. The monoisotopic (exact) mass is 279 g/mol. The van der Waals surface area contributed by atoms with Gasteiger partial charge in [0, 0.05) is 12.3 Å². The molecule has 0 aliphatic carbocycles. The van der Waals surface area contributed by atoms with E-state index >= 15 is 0 Å². The number of hydrogen-bond acceptors (Lipinski definition) is 3. The Labute approximate surface area is 109 Å². The molecule has 1 aromatic carbocycles. The van der Waals surface area contributed by atoms with Crippen molar-refractivity contribution < 1.29 is 9.53 Å². The molecule has 1 N–H and O–H groups in total. The highest BCUT2D eigenvalue weighted by Gasteiger charge is 2.18. The zero-order valence-corrected chi connectivity index (χ0v) is 11.0. The molecule has 0 radical (unpaired) electrons. The molecule has 0 atom stereocenters. The van der Waals surface area contributed by atoms with Crippen molar-refractivity contribution in [2.75, 3.05) is 19.4 Å². The van der Waals surface area contributed by atoms with E-state index in [-0.39, 0.29) is 17.2 Å². The summed E-state index contributed by atoms with van der Waals surface area (Å²) in [6, 6.07) is 3.14. The minimum atomic E-state index is -0.321. The van der Waals surface area contributed by atoms with Gasteiger partial charge >= 0.3 is 0 Å². The highest BCUT2D eigenvalue weighted by molar-refractivity contribution is 7.80. The molecule has 6 heteroatoms. The van der Waals surface area contributed by atoms with Crippen LogP contribution in [0.1, 0.15) is 10.4 Å². The number of benzene rings is 1. The minimum Gasteiger partial charge on any atom is -0.494 e. The number of ether oxygens (including phenoxy) is 1. The van der Waals surface area contributed by atoms with Crippen molar-refractivity contribution in [2.45, 2.75) is 0 Å². The van der Waals surface area contributed by atoms with Crippen molar-refractivity contribution in [1.82, 2.24) is 5.32 Å². The van der Waals surface area contributed by atoms with E-state index in [0.717, 1.165) is 0 Å². The van der Waals surface area contributed by atoms with Crippen LogP contribution in [0.2, 0.25) is 10.0 Å². The van der Waals surface area contributed by atoms with Crippen LogP contribution in [-0.2, 0) is 0 Å². The topological polar surface area (TPSA) is 38.3 Å². The maximum Gasteiger partial charge on any atom is 0.256 e. The summed E-state index contributed by atoms with van der Waals surface area (Å²) in [5.74, 6) is 0.510. The summed E-state index contributed by atoms with van der Waals surface area (Å²) >= 11 is 15.8. The van der Waals surface area contributed by atoms with Crippen molar-refractivity contribution in [3.8, 4) is 5.75 Å². The van der Waals surface area contributed by atoms with Crippen molar-refractivity contribution in [3.05, 3.63) is 27.7 Å². The Morgan fingerprint density at radius 1 is 1.44 bits per heavy atom. The number of hydrogen-bond donors (Lipinski definition) is 2. The second-order valence-electron chi connectivity index (χ2n) is 2.92. The van der Waals surface area contributed by atoms with Crippen LogP contribution < -0.4 is 10.1 Å². The molecule has 0 aromatic heterocycles. The minimum absolute atomic E-state index is 0.249. The van der Waals surface area contributed by atoms with Crippen molar-refractivity contribution >= 4 is 41.7 Å². The van der Waals surface area contributed by atoms with Crippen LogP contribution in [0.5, 0.6) is 5.75 Å². The molecule has 0 saturated heterocycles. The van der Waals surface area contributed by atoms with Gasteiger partial charge in [0.2, 0.25) is 0 Å². The van der Waals surface area contributed by atoms with Crippen LogP contribution in [0, 0.1) is 0 Å². The van der Waals surface area contributed by atoms with Gasteiger partial charge in [0.05, 0.1) is 17.2 Å². The first-order valence-electron chi connectivity index (χ1n) is 4.52. The molecule has 0 heterocycles. The van der Waals surface area contributed by atoms with Crippen molar-refractivity contribution in [1.29, 1.82) is 0 Å². The third kappa shape index (κ3) is 2.97. The molecule has 0 spiro atoms. The lowest BCUT2D eigenvalue weighted by Gasteiger charge is -2.11. The van der Waals surface area contributed by atoms with Crippen LogP contribution in [0.15, 0.2) is 12.1 Å². The maximum atomic E-state index is 11.8. The van der Waals surface area contributed by atoms with E-state index in [1.54, 1.807) is 12.1 Å². The molecule has 1 rings (SSSR count). The van der Waals surface area contributed by atoms with Gasteiger partial charge in [0.1, 0.15) is 5.56 Å². The molecular weight excluding hydrogens is 269 g/mol. The predicted octanol–water partition coefficient (Wildman–Crippen LogP) is 2.66. The van der Waals surface area contributed by atoms with Gasteiger partial charge in [-0.3, -0.25) is 4.79 Å². The third-order valence-electron chi connectivity index (χ3n) is 1.89. The Kier molecular flexibility index (Phi) is 5.25. The second kappa shape index (κ2) is 6.23. The fourth-order valence-electron chi connectivity index (χ4n) is 1.20. The zero-order valence-electron chi connectivity index (χ0n) is 8.59. The summed E-state index contributed by atoms with van der Waals surface area (Å²) in [7, 11) is 1.44. The third-order valence-corrected chi connectivity index (χ3v) is 2.72. The average Bonchev–Trinajstić information content (AvgIpc) is 2.28. The molecule has 1 aromatic rings. The molecule has 0 saturated carbocycles. The Balaban J connectivity index is 3.10. The van der Waals surface area contributed by atoms with E-state index in [0.29, 0.717) is 22.3 Å². The molecular formula is C10H11Cl2NO2S. The van der Waals surface area contributed by atoms with Gasteiger partial charge in [-0.2, -0.15) is 12.6 Å². The molecule has 3 nitrogen and oxygen atoms in total. The van der Waals surface area contributed by atoms with Gasteiger partial charge in [-0.1, -0.05) is 23.2 Å². The largest absolute Gasteiger partial charge is 0.494 e. The van der Waals surface area contributed by atoms with E-state index in [9.17, 15) is 4.79 Å². The normalized spacial score (nSPS) is 10.0. The number of rotatable bonds is 4. The summed E-state index contributed by atoms with van der Waals surface area (Å²) < 4.78 is 5.06. The van der Waals surface area contributed by atoms with Crippen LogP contribution in [-0.4, -0.2) is 25.3 Å². The van der Waals surface area contributed by atoms with Gasteiger partial charge in [-0.05, 0) is 12.1 Å². The number of amides is 1. The summed E-state index contributed by atoms with van der Waals surface area (Å²) in [6.45, 7) is 0.452. The van der Waals surface area contributed by atoms with Crippen LogP contribution in [0.4, 0.5) is 0 Å². The fraction of sp³-hybridized carbons (Fsp3) is 0.300. The molecule has 16 heavy (non-hydrogen) atoms. The molecule has 0 unspecified atom stereocenters. The Morgan fingerprint density at radius 2 is 2.06 bits per heavy atom. The molecule has 88 valence electrons. The van der Waals surface area contributed by atoms with Gasteiger partial charge in [-0.25, -0.2) is 0 Å². The average molecular weight is 280 g/mol. The maximum absolute atomic E-state index is 11.8. The Morgan fingerprint density at radius 3 is 2.62 bits per heavy atom. The smallest absolute Gasteiger partial charge is 0.256 e. The summed E-state index contributed by atoms with van der Waals surface area (Å²) in [5, 5.41) is 3.31. The van der Waals surface area contributed by atoms with E-state index in [1.165, 1.54) is 7.11 Å². The summed E-state index contributed by atoms with van der Waals surface area (Å²) in [5.41, 5.74) is 0.249. The van der Waals surface area contributed by atoms with Crippen molar-refractivity contribution in [3.63, 3.8) is 0 Å². The van der Waals surface area contributed by atoms with E-state index in [2.05, 4.69) is 17.9 Å². The number of thiol groups is 1. The van der Waals surface area contributed by atoms with E-state index < -0.39 is 0 Å². The second-order valence-corrected chi connectivity index (χ2v) is 4.18. The Bertz CT molecular complexity index is 399. The number of methoxy groups -OCH3 is 1. The lowest BCUT2D eigenvalue weighted by molar-refractivity contribution is 0.0953. The van der Waals surface area contributed by atoms with Gasteiger partial charge in [0.15, 0.2) is 5.75 Å². The molecule has 0 fully saturated rings. The first kappa shape index (κ1) is 13.5. The molecule has 0 aliphatic heterocycles. The highest BCUT2D eigenvalue weighted by Crippen LogP contribution is 2.33. The molecule has 0 aliphatic rings. The summed E-state index contributed by atoms with van der Waals surface area (Å²) in [4.78, 5) is 11.8. The predicted molar refractivity (Wildman–Crippen MR) is 69.2 cm³/mol. The van der Waals surface area contributed by atoms with Gasteiger partial charge in [-0.15, -0.1) is 0 Å². The van der Waals surface area contributed by atoms with Crippen LogP contribution in [0.25, 0.3) is 0 Å². The molecule has 1 amide bonds. The van der Waals surface area contributed by atoms with Gasteiger partial charge < -0.3 is 10.1 Å². The standard InChI is InChI=1S/C10H11Cl2NO2S/c1-15-9-7(12)3-2-6(11)8(9)10(14)13-4-5-16/h2-3,16H,4-5H2,1H3,(H,13,14). The van der Waals surface area contributed by atoms with Crippen LogP contribution in [0.3, 0.4) is 0 Å². The quantitative estimate of drug-likeness (QED) is 0.832. The first-order valence-corrected chi connectivity index (χ1v) is 5.91. The zero-order chi connectivity index (χ0) is 12.1. The number of halogens is 2. The van der Waals surface area contributed by atoms with Crippen molar-refractivity contribution in [2.24, 2.45) is 0 Å². The lowest BCUT2D eigenvalue weighted by Crippen LogP contribution is -2.26. The van der Waals surface area contributed by atoms with E-state index in [1.807, 2.05) is 0 Å². The number of carbonyl (C=O) groups excluding carboxylic acids is 1. The van der Waals surface area contributed by atoms with E-state index in [4.69, 9.17) is 27.9 Å². The first-order chi connectivity index (χ1) is 7.61. The summed E-state index contributed by atoms with van der Waals surface area (Å²) in [6.07, 6.45) is 0. The number of carbonyl (C=O) groups is 1. The fourth-order valence-corrected chi connectivity index (χ4v) is 1.78. The van der Waals surface area contributed by atoms with Crippen LogP contribution >= 0.6 is 35.8 Å². The lowest BCUT2D eigenvalue weighted by atomic mass is 10.2. The highest BCUT2D eigenvalue weighted by atomic mass is 35.5. The SMILES string of the molecule is COc1c(Cl)ccc(Cl)c1C(=O)NCCS. The molecule has 0 bridgehead atoms. The van der Waals surface area contributed by atoms with Gasteiger partial charge in [0.25, 0.3) is 5.91 Å². The number of nitrogens with one attached hydrogen (secondary N) is 1.